The SMILES string of the molecule is Cc1ccc2nc(N3CCN(c4cccc(Cl)c4)CC3)c(C=C3SC(=S)N(CC4CCCO4)C3=O)c(=O)n2c1. The van der Waals surface area contributed by atoms with Crippen LogP contribution in [0, 0.1) is 6.92 Å². The summed E-state index contributed by atoms with van der Waals surface area (Å²) in [5.41, 5.74) is 2.77. The Kier molecular flexibility index (Phi) is 7.37. The van der Waals surface area contributed by atoms with Crippen LogP contribution in [0.25, 0.3) is 11.7 Å². The summed E-state index contributed by atoms with van der Waals surface area (Å²) in [6.07, 6.45) is 5.36. The molecule has 3 aliphatic heterocycles. The molecule has 0 saturated carbocycles. The summed E-state index contributed by atoms with van der Waals surface area (Å²) in [5, 5.41) is 0.702. The van der Waals surface area contributed by atoms with Gasteiger partial charge in [0.2, 0.25) is 0 Å². The maximum atomic E-state index is 13.8. The number of carbonyl (C=O) groups is 1. The van der Waals surface area contributed by atoms with Gasteiger partial charge in [-0.25, -0.2) is 4.98 Å². The molecule has 5 heterocycles. The number of carbonyl (C=O) groups excluding carboxylic acids is 1. The van der Waals surface area contributed by atoms with Gasteiger partial charge in [0.25, 0.3) is 11.5 Å². The highest BCUT2D eigenvalue weighted by Gasteiger charge is 2.35. The summed E-state index contributed by atoms with van der Waals surface area (Å²) in [7, 11) is 0. The maximum absolute atomic E-state index is 13.8. The van der Waals surface area contributed by atoms with Crippen molar-refractivity contribution >= 4 is 69.0 Å². The number of anilines is 2. The zero-order chi connectivity index (χ0) is 27.1. The Labute approximate surface area is 241 Å². The summed E-state index contributed by atoms with van der Waals surface area (Å²) in [5.74, 6) is 0.393. The monoisotopic (exact) mass is 581 g/mol. The predicted molar refractivity (Wildman–Crippen MR) is 161 cm³/mol. The average molecular weight is 582 g/mol. The van der Waals surface area contributed by atoms with Crippen molar-refractivity contribution in [3.05, 3.63) is 74.0 Å². The van der Waals surface area contributed by atoms with Crippen molar-refractivity contribution < 1.29 is 9.53 Å². The van der Waals surface area contributed by atoms with Crippen molar-refractivity contribution in [2.45, 2.75) is 25.9 Å². The van der Waals surface area contributed by atoms with Crippen molar-refractivity contribution in [1.82, 2.24) is 14.3 Å². The molecule has 1 atom stereocenters. The molecule has 2 aromatic heterocycles. The smallest absolute Gasteiger partial charge is 0.267 e. The first-order valence-electron chi connectivity index (χ1n) is 13.0. The minimum atomic E-state index is -0.208. The van der Waals surface area contributed by atoms with E-state index in [9.17, 15) is 9.59 Å². The number of halogens is 1. The van der Waals surface area contributed by atoms with Gasteiger partial charge in [0, 0.05) is 49.7 Å². The van der Waals surface area contributed by atoms with Crippen molar-refractivity contribution in [3.8, 4) is 0 Å². The van der Waals surface area contributed by atoms with Crippen LogP contribution in [0.15, 0.2) is 52.3 Å². The van der Waals surface area contributed by atoms with E-state index in [1.54, 1.807) is 21.6 Å². The molecule has 0 aliphatic carbocycles. The number of fused-ring (bicyclic) bond motifs is 1. The molecule has 6 rings (SSSR count). The number of thioether (sulfide) groups is 1. The topological polar surface area (TPSA) is 70.4 Å². The first-order chi connectivity index (χ1) is 18.9. The lowest BCUT2D eigenvalue weighted by Gasteiger charge is -2.37. The number of ether oxygens (including phenoxy) is 1. The van der Waals surface area contributed by atoms with Gasteiger partial charge < -0.3 is 14.5 Å². The van der Waals surface area contributed by atoms with E-state index in [0.29, 0.717) is 57.5 Å². The molecule has 3 fully saturated rings. The summed E-state index contributed by atoms with van der Waals surface area (Å²) < 4.78 is 7.77. The van der Waals surface area contributed by atoms with Gasteiger partial charge in [-0.15, -0.1) is 0 Å². The lowest BCUT2D eigenvalue weighted by atomic mass is 10.2. The van der Waals surface area contributed by atoms with Crippen LogP contribution in [-0.4, -0.2) is 69.9 Å². The minimum absolute atomic E-state index is 0.00543. The van der Waals surface area contributed by atoms with E-state index in [-0.39, 0.29) is 17.6 Å². The minimum Gasteiger partial charge on any atom is -0.376 e. The van der Waals surface area contributed by atoms with Gasteiger partial charge >= 0.3 is 0 Å². The number of pyridine rings is 1. The summed E-state index contributed by atoms with van der Waals surface area (Å²) >= 11 is 13.0. The van der Waals surface area contributed by atoms with E-state index >= 15 is 0 Å². The fourth-order valence-corrected chi connectivity index (χ4v) is 6.69. The lowest BCUT2D eigenvalue weighted by Crippen LogP contribution is -2.47. The molecule has 3 saturated heterocycles. The van der Waals surface area contributed by atoms with Crippen LogP contribution < -0.4 is 15.4 Å². The number of nitrogens with zero attached hydrogens (tertiary/aromatic N) is 5. The Morgan fingerprint density at radius 1 is 1.15 bits per heavy atom. The van der Waals surface area contributed by atoms with Gasteiger partial charge in [-0.05, 0) is 55.7 Å². The van der Waals surface area contributed by atoms with Crippen LogP contribution in [0.1, 0.15) is 24.0 Å². The number of rotatable bonds is 5. The normalized spacial score (nSPS) is 21.1. The summed E-state index contributed by atoms with van der Waals surface area (Å²) in [4.78, 5) is 38.6. The zero-order valence-corrected chi connectivity index (χ0v) is 23.9. The van der Waals surface area contributed by atoms with E-state index in [2.05, 4.69) is 15.9 Å². The predicted octanol–water partition coefficient (Wildman–Crippen LogP) is 4.36. The third-order valence-electron chi connectivity index (χ3n) is 7.30. The third-order valence-corrected chi connectivity index (χ3v) is 8.91. The van der Waals surface area contributed by atoms with Crippen LogP contribution >= 0.6 is 35.6 Å². The molecule has 39 heavy (non-hydrogen) atoms. The number of aryl methyl sites for hydroxylation is 1. The van der Waals surface area contributed by atoms with Gasteiger partial charge in [-0.3, -0.25) is 18.9 Å². The second-order valence-electron chi connectivity index (χ2n) is 9.97. The molecule has 1 amide bonds. The Morgan fingerprint density at radius 2 is 1.95 bits per heavy atom. The fraction of sp³-hybridized carbons (Fsp3) is 0.357. The molecular weight excluding hydrogens is 554 g/mol. The van der Waals surface area contributed by atoms with E-state index in [0.717, 1.165) is 37.2 Å². The second-order valence-corrected chi connectivity index (χ2v) is 12.1. The maximum Gasteiger partial charge on any atom is 0.267 e. The number of hydrogen-bond acceptors (Lipinski definition) is 8. The molecule has 1 unspecified atom stereocenters. The quantitative estimate of drug-likeness (QED) is 0.325. The molecule has 8 nitrogen and oxygen atoms in total. The van der Waals surface area contributed by atoms with Crippen molar-refractivity contribution in [1.29, 1.82) is 0 Å². The van der Waals surface area contributed by atoms with Gasteiger partial charge in [0.05, 0.1) is 23.1 Å². The highest BCUT2D eigenvalue weighted by molar-refractivity contribution is 8.26. The highest BCUT2D eigenvalue weighted by Crippen LogP contribution is 2.34. The van der Waals surface area contributed by atoms with E-state index in [1.807, 2.05) is 37.3 Å². The first kappa shape index (κ1) is 26.3. The Balaban J connectivity index is 1.34. The molecule has 3 aliphatic rings. The first-order valence-corrected chi connectivity index (χ1v) is 14.6. The molecule has 0 N–H and O–H groups in total. The Hall–Kier alpha value is -2.92. The summed E-state index contributed by atoms with van der Waals surface area (Å²) in [6, 6.07) is 11.6. The number of piperazine rings is 1. The van der Waals surface area contributed by atoms with Gasteiger partial charge in [-0.2, -0.15) is 0 Å². The zero-order valence-electron chi connectivity index (χ0n) is 21.5. The number of thiocarbonyl (C=S) groups is 1. The lowest BCUT2D eigenvalue weighted by molar-refractivity contribution is -0.123. The van der Waals surface area contributed by atoms with Crippen LogP contribution in [0.5, 0.6) is 0 Å². The van der Waals surface area contributed by atoms with Crippen molar-refractivity contribution in [3.63, 3.8) is 0 Å². The Morgan fingerprint density at radius 3 is 2.69 bits per heavy atom. The van der Waals surface area contributed by atoms with Gasteiger partial charge in [-0.1, -0.05) is 47.7 Å². The molecule has 11 heteroatoms. The second kappa shape index (κ2) is 10.9. The molecule has 0 radical (unpaired) electrons. The standard InChI is InChI=1S/C28H28ClN5O3S2/c1-18-7-8-24-30-25(32-11-9-31(10-12-32)20-5-2-4-19(29)14-20)22(26(35)33(24)16-18)15-23-27(36)34(28(38)39-23)17-21-6-3-13-37-21/h2,4-5,7-8,14-16,21H,3,6,9-13,17H2,1H3. The van der Waals surface area contributed by atoms with Crippen LogP contribution in [-0.2, 0) is 9.53 Å². The van der Waals surface area contributed by atoms with Gasteiger partial charge in [0.1, 0.15) is 15.8 Å². The molecule has 0 spiro atoms. The van der Waals surface area contributed by atoms with Crippen molar-refractivity contribution in [2.75, 3.05) is 49.1 Å². The van der Waals surface area contributed by atoms with Crippen molar-refractivity contribution in [2.24, 2.45) is 0 Å². The number of aromatic nitrogens is 2. The van der Waals surface area contributed by atoms with E-state index in [1.165, 1.54) is 11.8 Å². The van der Waals surface area contributed by atoms with Gasteiger partial charge in [0.15, 0.2) is 0 Å². The molecule has 3 aromatic rings. The third kappa shape index (κ3) is 5.30. The molecule has 1 aromatic carbocycles. The number of benzene rings is 1. The van der Waals surface area contributed by atoms with E-state index in [4.69, 9.17) is 33.5 Å². The fourth-order valence-electron chi connectivity index (χ4n) is 5.24. The number of hydrogen-bond donors (Lipinski definition) is 0. The average Bonchev–Trinajstić information content (AvgIpc) is 3.54. The van der Waals surface area contributed by atoms with Crippen LogP contribution in [0.3, 0.4) is 0 Å². The van der Waals surface area contributed by atoms with E-state index < -0.39 is 0 Å². The van der Waals surface area contributed by atoms with Crippen LogP contribution in [0.4, 0.5) is 11.5 Å². The largest absolute Gasteiger partial charge is 0.376 e. The molecular formula is C28H28ClN5O3S2. The molecule has 0 bridgehead atoms. The van der Waals surface area contributed by atoms with Crippen LogP contribution in [0.2, 0.25) is 5.02 Å². The molecule has 202 valence electrons. The summed E-state index contributed by atoms with van der Waals surface area (Å²) in [6.45, 7) is 5.92. The number of amides is 1. The highest BCUT2D eigenvalue weighted by atomic mass is 35.5. The Bertz CT molecular complexity index is 1540.